The normalized spacial score (nSPS) is 12.7. The molecular weight excluding hydrogens is 422 g/mol. The van der Waals surface area contributed by atoms with E-state index in [1.807, 2.05) is 6.92 Å². The average molecular weight is 442 g/mol. The van der Waals surface area contributed by atoms with Gasteiger partial charge in [0.15, 0.2) is 0 Å². The van der Waals surface area contributed by atoms with E-state index in [-0.39, 0.29) is 15.8 Å². The van der Waals surface area contributed by atoms with Crippen LogP contribution in [0.4, 0.5) is 0 Å². The first-order valence-electron chi connectivity index (χ1n) is 9.08. The van der Waals surface area contributed by atoms with Crippen LogP contribution in [0.3, 0.4) is 0 Å². The Kier molecular flexibility index (Phi) is 5.40. The number of ether oxygens (including phenoxy) is 1. The van der Waals surface area contributed by atoms with Gasteiger partial charge >= 0.3 is 0 Å². The Hall–Kier alpha value is -3.04. The molecule has 0 N–H and O–H groups in total. The molecule has 154 valence electrons. The minimum atomic E-state index is -4.00. The molecule has 9 heteroatoms. The maximum absolute atomic E-state index is 13.4. The number of rotatable bonds is 6. The second kappa shape index (κ2) is 8.00. The van der Waals surface area contributed by atoms with Crippen LogP contribution in [0.1, 0.15) is 11.3 Å². The standard InChI is InChI=1S/C21H19N3O4S2/c1-15-18(22-13-12-20(15)28-2)14-29(25)21-23-17-10-6-7-11-19(17)24(21)30(26,27)16-8-4-3-5-9-16/h3-13H,14H2,1-2H3. The van der Waals surface area contributed by atoms with Gasteiger partial charge in [0.1, 0.15) is 5.75 Å². The lowest BCUT2D eigenvalue weighted by atomic mass is 10.2. The first-order chi connectivity index (χ1) is 14.4. The third kappa shape index (κ3) is 3.50. The van der Waals surface area contributed by atoms with Gasteiger partial charge in [-0.15, -0.1) is 0 Å². The second-order valence-corrected chi connectivity index (χ2v) is 9.67. The lowest BCUT2D eigenvalue weighted by Gasteiger charge is -2.11. The molecule has 2 aromatic heterocycles. The molecule has 0 amide bonds. The van der Waals surface area contributed by atoms with Crippen LogP contribution in [0.15, 0.2) is 76.9 Å². The molecule has 0 aliphatic rings. The molecule has 4 aromatic rings. The fraction of sp³-hybridized carbons (Fsp3) is 0.143. The quantitative estimate of drug-likeness (QED) is 0.456. The van der Waals surface area contributed by atoms with Gasteiger partial charge in [-0.3, -0.25) is 9.19 Å². The van der Waals surface area contributed by atoms with Gasteiger partial charge in [-0.05, 0) is 37.3 Å². The molecule has 0 saturated carbocycles. The topological polar surface area (TPSA) is 91.2 Å². The molecule has 7 nitrogen and oxygen atoms in total. The molecule has 4 rings (SSSR count). The first-order valence-corrected chi connectivity index (χ1v) is 11.8. The highest BCUT2D eigenvalue weighted by atomic mass is 32.2. The van der Waals surface area contributed by atoms with E-state index < -0.39 is 20.8 Å². The van der Waals surface area contributed by atoms with Crippen molar-refractivity contribution >= 4 is 31.9 Å². The molecular formula is C21H19N3O4S2. The summed E-state index contributed by atoms with van der Waals surface area (Å²) >= 11 is 0. The van der Waals surface area contributed by atoms with Crippen molar-refractivity contribution in [1.82, 2.24) is 13.9 Å². The third-order valence-electron chi connectivity index (χ3n) is 4.72. The van der Waals surface area contributed by atoms with Crippen LogP contribution in [0.25, 0.3) is 11.0 Å². The SMILES string of the molecule is COc1ccnc(CS(=O)c2nc3ccccc3n2S(=O)(=O)c2ccccc2)c1C. The number of imidazole rings is 1. The Morgan fingerprint density at radius 2 is 1.73 bits per heavy atom. The van der Waals surface area contributed by atoms with Crippen molar-refractivity contribution in [1.29, 1.82) is 0 Å². The van der Waals surface area contributed by atoms with Crippen molar-refractivity contribution in [3.63, 3.8) is 0 Å². The summed E-state index contributed by atoms with van der Waals surface area (Å²) in [7, 11) is -4.21. The van der Waals surface area contributed by atoms with E-state index in [4.69, 9.17) is 4.74 Å². The van der Waals surface area contributed by atoms with Crippen LogP contribution in [-0.4, -0.2) is 33.7 Å². The minimum Gasteiger partial charge on any atom is -0.496 e. The summed E-state index contributed by atoms with van der Waals surface area (Å²) < 4.78 is 46.5. The Bertz CT molecular complexity index is 1350. The summed E-state index contributed by atoms with van der Waals surface area (Å²) in [6.07, 6.45) is 1.57. The third-order valence-corrected chi connectivity index (χ3v) is 7.77. The van der Waals surface area contributed by atoms with E-state index in [1.165, 1.54) is 12.1 Å². The molecule has 1 unspecified atom stereocenters. The summed E-state index contributed by atoms with van der Waals surface area (Å²) in [4.78, 5) is 8.79. The number of methoxy groups -OCH3 is 1. The van der Waals surface area contributed by atoms with Gasteiger partial charge in [-0.2, -0.15) is 0 Å². The Balaban J connectivity index is 1.86. The summed E-state index contributed by atoms with van der Waals surface area (Å²) in [6.45, 7) is 1.82. The number of hydrogen-bond donors (Lipinski definition) is 0. The lowest BCUT2D eigenvalue weighted by Crippen LogP contribution is -2.17. The van der Waals surface area contributed by atoms with E-state index >= 15 is 0 Å². The van der Waals surface area contributed by atoms with Gasteiger partial charge in [-0.25, -0.2) is 17.4 Å². The maximum Gasteiger partial charge on any atom is 0.270 e. The fourth-order valence-electron chi connectivity index (χ4n) is 3.17. The molecule has 0 aliphatic heterocycles. The summed E-state index contributed by atoms with van der Waals surface area (Å²) in [5, 5.41) is -0.0379. The van der Waals surface area contributed by atoms with E-state index in [0.29, 0.717) is 22.5 Å². The van der Waals surface area contributed by atoms with Crippen molar-refractivity contribution < 1.29 is 17.4 Å². The van der Waals surface area contributed by atoms with Crippen molar-refractivity contribution in [3.8, 4) is 5.75 Å². The minimum absolute atomic E-state index is 0.0106. The molecule has 0 saturated heterocycles. The van der Waals surface area contributed by atoms with Crippen molar-refractivity contribution in [2.45, 2.75) is 22.7 Å². The second-order valence-electron chi connectivity index (χ2n) is 6.54. The average Bonchev–Trinajstić information content (AvgIpc) is 3.16. The monoisotopic (exact) mass is 441 g/mol. The van der Waals surface area contributed by atoms with Gasteiger partial charge in [0, 0.05) is 11.8 Å². The smallest absolute Gasteiger partial charge is 0.270 e. The molecule has 0 radical (unpaired) electrons. The molecule has 1 atom stereocenters. The molecule has 2 aromatic carbocycles. The van der Waals surface area contributed by atoms with Crippen LogP contribution >= 0.6 is 0 Å². The van der Waals surface area contributed by atoms with Gasteiger partial charge in [0.2, 0.25) is 5.16 Å². The number of aromatic nitrogens is 3. The zero-order chi connectivity index (χ0) is 21.3. The van der Waals surface area contributed by atoms with Crippen molar-refractivity contribution in [3.05, 3.63) is 78.1 Å². The summed E-state index contributed by atoms with van der Waals surface area (Å²) in [6, 6.07) is 16.6. The Morgan fingerprint density at radius 3 is 2.47 bits per heavy atom. The predicted molar refractivity (Wildman–Crippen MR) is 114 cm³/mol. The number of hydrogen-bond acceptors (Lipinski definition) is 6. The molecule has 30 heavy (non-hydrogen) atoms. The largest absolute Gasteiger partial charge is 0.496 e. The van der Waals surface area contributed by atoms with Gasteiger partial charge in [0.05, 0.1) is 45.3 Å². The highest BCUT2D eigenvalue weighted by molar-refractivity contribution is 7.91. The highest BCUT2D eigenvalue weighted by Crippen LogP contribution is 2.27. The molecule has 0 bridgehead atoms. The molecule has 0 fully saturated rings. The number of benzene rings is 2. The highest BCUT2D eigenvalue weighted by Gasteiger charge is 2.27. The Labute approximate surface area is 176 Å². The van der Waals surface area contributed by atoms with Crippen LogP contribution in [0.2, 0.25) is 0 Å². The van der Waals surface area contributed by atoms with Crippen LogP contribution < -0.4 is 4.74 Å². The van der Waals surface area contributed by atoms with Crippen molar-refractivity contribution in [2.75, 3.05) is 7.11 Å². The van der Waals surface area contributed by atoms with E-state index in [0.717, 1.165) is 9.54 Å². The van der Waals surface area contributed by atoms with E-state index in [9.17, 15) is 12.6 Å². The predicted octanol–water partition coefficient (Wildman–Crippen LogP) is 3.29. The lowest BCUT2D eigenvalue weighted by molar-refractivity contribution is 0.410. The molecule has 2 heterocycles. The zero-order valence-corrected chi connectivity index (χ0v) is 18.0. The van der Waals surface area contributed by atoms with Crippen LogP contribution in [-0.2, 0) is 26.6 Å². The number of nitrogens with zero attached hydrogens (tertiary/aromatic N) is 3. The van der Waals surface area contributed by atoms with Crippen molar-refractivity contribution in [2.24, 2.45) is 0 Å². The zero-order valence-electron chi connectivity index (χ0n) is 16.3. The number of fused-ring (bicyclic) bond motifs is 1. The van der Waals surface area contributed by atoms with Gasteiger partial charge < -0.3 is 4.74 Å². The number of para-hydroxylation sites is 2. The molecule has 0 aliphatic carbocycles. The van der Waals surface area contributed by atoms with Crippen LogP contribution in [0.5, 0.6) is 5.75 Å². The first kappa shape index (κ1) is 20.2. The summed E-state index contributed by atoms with van der Waals surface area (Å²) in [5.41, 5.74) is 2.14. The maximum atomic E-state index is 13.4. The Morgan fingerprint density at radius 1 is 1.03 bits per heavy atom. The van der Waals surface area contributed by atoms with Crippen LogP contribution in [0, 0.1) is 6.92 Å². The van der Waals surface area contributed by atoms with E-state index in [2.05, 4.69) is 9.97 Å². The summed E-state index contributed by atoms with van der Waals surface area (Å²) in [5.74, 6) is 0.638. The van der Waals surface area contributed by atoms with Gasteiger partial charge in [0.25, 0.3) is 10.0 Å². The molecule has 0 spiro atoms. The fourth-order valence-corrected chi connectivity index (χ4v) is 6.24. The van der Waals surface area contributed by atoms with E-state index in [1.54, 1.807) is 61.8 Å². The number of pyridine rings is 1. The van der Waals surface area contributed by atoms with Gasteiger partial charge in [-0.1, -0.05) is 30.3 Å².